The second-order valence-corrected chi connectivity index (χ2v) is 2.13. The monoisotopic (exact) mass is 159 g/mol. The highest BCUT2D eigenvalue weighted by Gasteiger charge is 2.20. The van der Waals surface area contributed by atoms with Crippen LogP contribution in [0.1, 0.15) is 0 Å². The quantitative estimate of drug-likeness (QED) is 0.493. The summed E-state index contributed by atoms with van der Waals surface area (Å²) >= 11 is 0. The van der Waals surface area contributed by atoms with Crippen molar-refractivity contribution in [2.45, 2.75) is 6.10 Å². The van der Waals surface area contributed by atoms with E-state index in [4.69, 9.17) is 4.74 Å². The van der Waals surface area contributed by atoms with Crippen molar-refractivity contribution < 1.29 is 19.2 Å². The summed E-state index contributed by atoms with van der Waals surface area (Å²) in [4.78, 5) is 24.6. The van der Waals surface area contributed by atoms with E-state index in [9.17, 15) is 9.59 Å². The Morgan fingerprint density at radius 2 is 2.36 bits per heavy atom. The van der Waals surface area contributed by atoms with Gasteiger partial charge in [-0.05, 0) is 0 Å². The zero-order valence-corrected chi connectivity index (χ0v) is 5.93. The molecule has 5 nitrogen and oxygen atoms in total. The Kier molecular flexibility index (Phi) is 3.00. The number of aldehydes is 1. The predicted molar refractivity (Wildman–Crippen MR) is 34.5 cm³/mol. The highest BCUT2D eigenvalue weighted by atomic mass is 16.7. The Balaban J connectivity index is 2.32. The molecule has 11 heavy (non-hydrogen) atoms. The summed E-state index contributed by atoms with van der Waals surface area (Å²) in [5.41, 5.74) is 0. The summed E-state index contributed by atoms with van der Waals surface area (Å²) in [6.07, 6.45) is 0.226. The van der Waals surface area contributed by atoms with Crippen LogP contribution in [0.3, 0.4) is 0 Å². The van der Waals surface area contributed by atoms with Gasteiger partial charge in [-0.15, -0.1) is 5.06 Å². The SMILES string of the molecule is O=CON1CCO[C@@H](C=O)C1. The first-order chi connectivity index (χ1) is 5.36. The fourth-order valence-corrected chi connectivity index (χ4v) is 0.890. The molecule has 0 amide bonds. The zero-order valence-electron chi connectivity index (χ0n) is 5.93. The van der Waals surface area contributed by atoms with Crippen LogP contribution in [0.5, 0.6) is 0 Å². The number of carbonyl (C=O) groups excluding carboxylic acids is 2. The van der Waals surface area contributed by atoms with Crippen molar-refractivity contribution in [1.82, 2.24) is 5.06 Å². The molecule has 0 saturated carbocycles. The van der Waals surface area contributed by atoms with Crippen molar-refractivity contribution in [3.63, 3.8) is 0 Å². The molecule has 0 spiro atoms. The number of rotatable bonds is 3. The summed E-state index contributed by atoms with van der Waals surface area (Å²) in [7, 11) is 0. The lowest BCUT2D eigenvalue weighted by Gasteiger charge is -2.26. The zero-order chi connectivity index (χ0) is 8.10. The van der Waals surface area contributed by atoms with Crippen molar-refractivity contribution in [2.75, 3.05) is 19.7 Å². The average molecular weight is 159 g/mol. The van der Waals surface area contributed by atoms with Crippen molar-refractivity contribution in [2.24, 2.45) is 0 Å². The Bertz CT molecular complexity index is 150. The van der Waals surface area contributed by atoms with Gasteiger partial charge in [-0.1, -0.05) is 0 Å². The number of nitrogens with zero attached hydrogens (tertiary/aromatic N) is 1. The van der Waals surface area contributed by atoms with Crippen LogP contribution in [0.25, 0.3) is 0 Å². The van der Waals surface area contributed by atoms with Crippen molar-refractivity contribution in [3.8, 4) is 0 Å². The van der Waals surface area contributed by atoms with Gasteiger partial charge in [0.1, 0.15) is 12.4 Å². The van der Waals surface area contributed by atoms with Crippen LogP contribution in [0.15, 0.2) is 0 Å². The maximum Gasteiger partial charge on any atom is 0.312 e. The van der Waals surface area contributed by atoms with E-state index in [-0.39, 0.29) is 0 Å². The largest absolute Gasteiger partial charge is 0.371 e. The number of hydrogen-bond donors (Lipinski definition) is 0. The molecular weight excluding hydrogens is 150 g/mol. The summed E-state index contributed by atoms with van der Waals surface area (Å²) in [6, 6.07) is 0. The first kappa shape index (κ1) is 8.16. The molecule has 0 aliphatic carbocycles. The first-order valence-corrected chi connectivity index (χ1v) is 3.29. The summed E-state index contributed by atoms with van der Waals surface area (Å²) in [5.74, 6) is 0. The molecule has 0 bridgehead atoms. The van der Waals surface area contributed by atoms with Crippen LogP contribution in [0, 0.1) is 0 Å². The Morgan fingerprint density at radius 1 is 1.55 bits per heavy atom. The molecule has 0 radical (unpaired) electrons. The van der Waals surface area contributed by atoms with Crippen molar-refractivity contribution >= 4 is 12.8 Å². The molecule has 1 atom stereocenters. The second kappa shape index (κ2) is 4.05. The minimum atomic E-state index is -0.469. The van der Waals surface area contributed by atoms with E-state index in [0.29, 0.717) is 32.5 Å². The van der Waals surface area contributed by atoms with E-state index < -0.39 is 6.10 Å². The van der Waals surface area contributed by atoms with Crippen molar-refractivity contribution in [1.29, 1.82) is 0 Å². The normalized spacial score (nSPS) is 26.0. The van der Waals surface area contributed by atoms with E-state index in [1.54, 1.807) is 0 Å². The van der Waals surface area contributed by atoms with Crippen LogP contribution in [0.2, 0.25) is 0 Å². The maximum atomic E-state index is 10.2. The molecule has 0 N–H and O–H groups in total. The highest BCUT2D eigenvalue weighted by molar-refractivity contribution is 5.56. The molecule has 1 aliphatic rings. The van der Waals surface area contributed by atoms with Crippen LogP contribution >= 0.6 is 0 Å². The van der Waals surface area contributed by atoms with Gasteiger partial charge in [-0.25, -0.2) is 0 Å². The van der Waals surface area contributed by atoms with Gasteiger partial charge in [0.2, 0.25) is 0 Å². The van der Waals surface area contributed by atoms with Gasteiger partial charge < -0.3 is 14.4 Å². The van der Waals surface area contributed by atoms with Crippen LogP contribution < -0.4 is 0 Å². The highest BCUT2D eigenvalue weighted by Crippen LogP contribution is 2.01. The second-order valence-electron chi connectivity index (χ2n) is 2.13. The molecule has 0 unspecified atom stereocenters. The van der Waals surface area contributed by atoms with Crippen molar-refractivity contribution in [3.05, 3.63) is 0 Å². The number of carbonyl (C=O) groups is 2. The van der Waals surface area contributed by atoms with Crippen LogP contribution in [-0.2, 0) is 19.2 Å². The minimum absolute atomic E-state index is 0.322. The fourth-order valence-electron chi connectivity index (χ4n) is 0.890. The Hall–Kier alpha value is -0.940. The summed E-state index contributed by atoms with van der Waals surface area (Å²) in [5, 5.41) is 1.40. The van der Waals surface area contributed by atoms with Gasteiger partial charge in [0.25, 0.3) is 0 Å². The third-order valence-electron chi connectivity index (χ3n) is 1.40. The Morgan fingerprint density at radius 3 is 3.00 bits per heavy atom. The number of hydroxylamine groups is 2. The van der Waals surface area contributed by atoms with Gasteiger partial charge in [-0.2, -0.15) is 0 Å². The number of morpholine rings is 1. The molecule has 1 rings (SSSR count). The summed E-state index contributed by atoms with van der Waals surface area (Å²) in [6.45, 7) is 1.59. The third kappa shape index (κ3) is 2.28. The third-order valence-corrected chi connectivity index (χ3v) is 1.40. The lowest BCUT2D eigenvalue weighted by Crippen LogP contribution is -2.42. The number of ether oxygens (including phenoxy) is 1. The molecule has 0 aromatic rings. The molecule has 1 fully saturated rings. The maximum absolute atomic E-state index is 10.2. The molecular formula is C6H9NO4. The fraction of sp³-hybridized carbons (Fsp3) is 0.667. The molecule has 5 heteroatoms. The molecule has 1 heterocycles. The summed E-state index contributed by atoms with van der Waals surface area (Å²) < 4.78 is 5.00. The topological polar surface area (TPSA) is 55.8 Å². The van der Waals surface area contributed by atoms with Gasteiger partial charge >= 0.3 is 6.47 Å². The first-order valence-electron chi connectivity index (χ1n) is 3.29. The van der Waals surface area contributed by atoms with Gasteiger partial charge in [-0.3, -0.25) is 4.79 Å². The van der Waals surface area contributed by atoms with E-state index in [2.05, 4.69) is 4.84 Å². The average Bonchev–Trinajstić information content (AvgIpc) is 2.06. The van der Waals surface area contributed by atoms with Gasteiger partial charge in [0.15, 0.2) is 0 Å². The molecule has 1 saturated heterocycles. The standard InChI is InChI=1S/C6H9NO4/c8-4-6-3-7(11-5-9)1-2-10-6/h4-6H,1-3H2/t6-/m1/s1. The Labute approximate surface area is 63.8 Å². The van der Waals surface area contributed by atoms with E-state index in [1.807, 2.05) is 0 Å². The lowest BCUT2D eigenvalue weighted by atomic mass is 10.3. The van der Waals surface area contributed by atoms with Gasteiger partial charge in [0, 0.05) is 0 Å². The van der Waals surface area contributed by atoms with Gasteiger partial charge in [0.05, 0.1) is 19.7 Å². The van der Waals surface area contributed by atoms with E-state index in [1.165, 1.54) is 5.06 Å². The molecule has 0 aromatic heterocycles. The molecule has 1 aliphatic heterocycles. The van der Waals surface area contributed by atoms with Crippen LogP contribution in [-0.4, -0.2) is 43.6 Å². The lowest BCUT2D eigenvalue weighted by molar-refractivity contribution is -0.199. The van der Waals surface area contributed by atoms with Crippen LogP contribution in [0.4, 0.5) is 0 Å². The molecule has 62 valence electrons. The number of hydrogen-bond acceptors (Lipinski definition) is 5. The predicted octanol–water partition coefficient (Wildman–Crippen LogP) is -1.03. The molecule has 0 aromatic carbocycles. The van der Waals surface area contributed by atoms with E-state index in [0.717, 1.165) is 0 Å². The smallest absolute Gasteiger partial charge is 0.312 e. The van der Waals surface area contributed by atoms with E-state index >= 15 is 0 Å². The minimum Gasteiger partial charge on any atom is -0.371 e.